The van der Waals surface area contributed by atoms with E-state index >= 15 is 0 Å². The van der Waals surface area contributed by atoms with Crippen LogP contribution in [0.4, 0.5) is 0 Å². The van der Waals surface area contributed by atoms with Gasteiger partial charge >= 0.3 is 0 Å². The van der Waals surface area contributed by atoms with Crippen molar-refractivity contribution >= 4 is 23.2 Å². The smallest absolute Gasteiger partial charge is 0.251 e. The summed E-state index contributed by atoms with van der Waals surface area (Å²) in [6.45, 7) is 4.36. The zero-order chi connectivity index (χ0) is 18.4. The molecule has 0 saturated carbocycles. The van der Waals surface area contributed by atoms with Crippen molar-refractivity contribution in [2.24, 2.45) is 0 Å². The minimum Gasteiger partial charge on any atom is -0.353 e. The number of nitrogens with one attached hydrogen (secondary N) is 2. The normalized spacial score (nSPS) is 12.0. The standard InChI is InChI=1S/C19H25N3O2S/c1-13-7-14(2)9-16(8-13)19(24)21-11-18(23)20-10-17(22(3)4)15-5-6-25-12-15/h5-9,12,17H,10-11H2,1-4H3,(H,20,23)(H,21,24)/t17-/m0/s1. The van der Waals surface area contributed by atoms with Gasteiger partial charge in [0.15, 0.2) is 0 Å². The van der Waals surface area contributed by atoms with E-state index in [2.05, 4.69) is 27.0 Å². The molecule has 2 aromatic rings. The SMILES string of the molecule is Cc1cc(C)cc(C(=O)NCC(=O)NC[C@@H](c2ccsc2)N(C)C)c1. The van der Waals surface area contributed by atoms with E-state index < -0.39 is 0 Å². The number of amides is 2. The van der Waals surface area contributed by atoms with Gasteiger partial charge in [0.05, 0.1) is 12.6 Å². The second-order valence-electron chi connectivity index (χ2n) is 6.40. The van der Waals surface area contributed by atoms with Gasteiger partial charge < -0.3 is 15.5 Å². The van der Waals surface area contributed by atoms with Crippen LogP contribution in [0.3, 0.4) is 0 Å². The highest BCUT2D eigenvalue weighted by molar-refractivity contribution is 7.07. The van der Waals surface area contributed by atoms with Crippen LogP contribution in [-0.2, 0) is 4.79 Å². The highest BCUT2D eigenvalue weighted by atomic mass is 32.1. The molecular formula is C19H25N3O2S. The molecule has 5 nitrogen and oxygen atoms in total. The Morgan fingerprint density at radius 1 is 1.12 bits per heavy atom. The molecule has 1 heterocycles. The van der Waals surface area contributed by atoms with Crippen molar-refractivity contribution < 1.29 is 9.59 Å². The Morgan fingerprint density at radius 2 is 1.80 bits per heavy atom. The molecule has 0 spiro atoms. The number of nitrogens with zero attached hydrogens (tertiary/aromatic N) is 1. The molecule has 6 heteroatoms. The summed E-state index contributed by atoms with van der Waals surface area (Å²) in [7, 11) is 3.96. The molecule has 0 fully saturated rings. The zero-order valence-electron chi connectivity index (χ0n) is 15.1. The average molecular weight is 359 g/mol. The molecule has 1 aromatic heterocycles. The highest BCUT2D eigenvalue weighted by Crippen LogP contribution is 2.19. The Morgan fingerprint density at radius 3 is 2.36 bits per heavy atom. The van der Waals surface area contributed by atoms with Crippen LogP contribution in [-0.4, -0.2) is 43.9 Å². The molecule has 1 atom stereocenters. The highest BCUT2D eigenvalue weighted by Gasteiger charge is 2.16. The number of carbonyl (C=O) groups is 2. The van der Waals surface area contributed by atoms with E-state index in [4.69, 9.17) is 0 Å². The van der Waals surface area contributed by atoms with E-state index in [0.29, 0.717) is 12.1 Å². The Labute approximate surface area is 153 Å². The number of aryl methyl sites for hydroxylation is 2. The topological polar surface area (TPSA) is 61.4 Å². The number of hydrogen-bond donors (Lipinski definition) is 2. The summed E-state index contributed by atoms with van der Waals surface area (Å²) in [6, 6.07) is 7.82. The van der Waals surface area contributed by atoms with Crippen molar-refractivity contribution in [1.82, 2.24) is 15.5 Å². The van der Waals surface area contributed by atoms with Gasteiger partial charge in [0.25, 0.3) is 5.91 Å². The van der Waals surface area contributed by atoms with Gasteiger partial charge in [0, 0.05) is 12.1 Å². The van der Waals surface area contributed by atoms with Crippen molar-refractivity contribution in [1.29, 1.82) is 0 Å². The Hall–Kier alpha value is -2.18. The van der Waals surface area contributed by atoms with E-state index in [9.17, 15) is 9.59 Å². The lowest BCUT2D eigenvalue weighted by Gasteiger charge is -2.24. The first kappa shape index (κ1) is 19.1. The zero-order valence-corrected chi connectivity index (χ0v) is 15.9. The summed E-state index contributed by atoms with van der Waals surface area (Å²) in [4.78, 5) is 26.3. The molecule has 0 aliphatic heterocycles. The molecule has 0 saturated heterocycles. The van der Waals surface area contributed by atoms with Crippen LogP contribution in [0.15, 0.2) is 35.0 Å². The molecule has 25 heavy (non-hydrogen) atoms. The van der Waals surface area contributed by atoms with E-state index in [1.165, 1.54) is 5.56 Å². The summed E-state index contributed by atoms with van der Waals surface area (Å²) in [5.41, 5.74) is 3.81. The lowest BCUT2D eigenvalue weighted by Crippen LogP contribution is -2.40. The average Bonchev–Trinajstić information content (AvgIpc) is 3.05. The van der Waals surface area contributed by atoms with Gasteiger partial charge in [0.1, 0.15) is 0 Å². The van der Waals surface area contributed by atoms with Crippen LogP contribution in [0.5, 0.6) is 0 Å². The molecule has 1 aromatic carbocycles. The molecule has 0 bridgehead atoms. The van der Waals surface area contributed by atoms with Crippen molar-refractivity contribution in [3.05, 3.63) is 57.3 Å². The fourth-order valence-electron chi connectivity index (χ4n) is 2.70. The Kier molecular flexibility index (Phi) is 6.73. The molecule has 2 amide bonds. The predicted octanol–water partition coefficient (Wildman–Crippen LogP) is 2.51. The number of benzene rings is 1. The molecule has 0 aliphatic carbocycles. The van der Waals surface area contributed by atoms with Crippen molar-refractivity contribution in [2.45, 2.75) is 19.9 Å². The second kappa shape index (κ2) is 8.78. The third-order valence-electron chi connectivity index (χ3n) is 3.94. The minimum atomic E-state index is -0.232. The first-order chi connectivity index (χ1) is 11.9. The molecule has 0 unspecified atom stereocenters. The largest absolute Gasteiger partial charge is 0.353 e. The number of thiophene rings is 1. The summed E-state index contributed by atoms with van der Waals surface area (Å²) >= 11 is 1.64. The van der Waals surface area contributed by atoms with Gasteiger partial charge in [-0.3, -0.25) is 9.59 Å². The summed E-state index contributed by atoms with van der Waals surface area (Å²) in [6.07, 6.45) is 0. The van der Waals surface area contributed by atoms with Crippen molar-refractivity contribution in [3.8, 4) is 0 Å². The first-order valence-corrected chi connectivity index (χ1v) is 9.13. The van der Waals surface area contributed by atoms with Gasteiger partial charge in [-0.1, -0.05) is 17.2 Å². The second-order valence-corrected chi connectivity index (χ2v) is 7.18. The number of carbonyl (C=O) groups excluding carboxylic acids is 2. The fourth-order valence-corrected chi connectivity index (χ4v) is 3.41. The third kappa shape index (κ3) is 5.69. The summed E-state index contributed by atoms with van der Waals surface area (Å²) in [5.74, 6) is -0.427. The Balaban J connectivity index is 1.84. The van der Waals surface area contributed by atoms with E-state index in [-0.39, 0.29) is 24.4 Å². The molecule has 0 aliphatic rings. The molecule has 0 radical (unpaired) electrons. The van der Waals surface area contributed by atoms with Crippen LogP contribution in [0.2, 0.25) is 0 Å². The van der Waals surface area contributed by atoms with Crippen LogP contribution in [0.1, 0.15) is 33.1 Å². The fraction of sp³-hybridized carbons (Fsp3) is 0.368. The number of hydrogen-bond acceptors (Lipinski definition) is 4. The monoisotopic (exact) mass is 359 g/mol. The van der Waals surface area contributed by atoms with Crippen LogP contribution in [0.25, 0.3) is 0 Å². The first-order valence-electron chi connectivity index (χ1n) is 8.18. The van der Waals surface area contributed by atoms with Crippen molar-refractivity contribution in [3.63, 3.8) is 0 Å². The maximum absolute atomic E-state index is 12.2. The number of likely N-dealkylation sites (N-methyl/N-ethyl adjacent to an activating group) is 1. The van der Waals surface area contributed by atoms with Crippen LogP contribution >= 0.6 is 11.3 Å². The van der Waals surface area contributed by atoms with E-state index in [0.717, 1.165) is 11.1 Å². The van der Waals surface area contributed by atoms with Crippen LogP contribution in [0, 0.1) is 13.8 Å². The van der Waals surface area contributed by atoms with Gasteiger partial charge in [-0.15, -0.1) is 0 Å². The van der Waals surface area contributed by atoms with Crippen LogP contribution < -0.4 is 10.6 Å². The molecule has 134 valence electrons. The number of rotatable bonds is 7. The maximum Gasteiger partial charge on any atom is 0.251 e. The van der Waals surface area contributed by atoms with E-state index in [1.807, 2.05) is 51.5 Å². The lowest BCUT2D eigenvalue weighted by molar-refractivity contribution is -0.120. The minimum absolute atomic E-state index is 0.0321. The van der Waals surface area contributed by atoms with Gasteiger partial charge in [0.2, 0.25) is 5.91 Å². The van der Waals surface area contributed by atoms with E-state index in [1.54, 1.807) is 11.3 Å². The predicted molar refractivity (Wildman–Crippen MR) is 102 cm³/mol. The Bertz CT molecular complexity index is 706. The lowest BCUT2D eigenvalue weighted by atomic mass is 10.1. The quantitative estimate of drug-likeness (QED) is 0.798. The summed E-state index contributed by atoms with van der Waals surface area (Å²) < 4.78 is 0. The molecule has 2 rings (SSSR count). The van der Waals surface area contributed by atoms with Gasteiger partial charge in [-0.25, -0.2) is 0 Å². The van der Waals surface area contributed by atoms with Gasteiger partial charge in [-0.05, 0) is 62.5 Å². The molecule has 2 N–H and O–H groups in total. The maximum atomic E-state index is 12.2. The third-order valence-corrected chi connectivity index (χ3v) is 4.64. The van der Waals surface area contributed by atoms with Gasteiger partial charge in [-0.2, -0.15) is 11.3 Å². The summed E-state index contributed by atoms with van der Waals surface area (Å²) in [5, 5.41) is 9.68. The van der Waals surface area contributed by atoms with Crippen molar-refractivity contribution in [2.75, 3.05) is 27.2 Å². The molecular weight excluding hydrogens is 334 g/mol.